The van der Waals surface area contributed by atoms with Crippen molar-refractivity contribution in [3.63, 3.8) is 0 Å². The van der Waals surface area contributed by atoms with Crippen molar-refractivity contribution >= 4 is 19.9 Å². The van der Waals surface area contributed by atoms with E-state index < -0.39 is 9.06 Å². The predicted molar refractivity (Wildman–Crippen MR) is 113 cm³/mol. The first-order chi connectivity index (χ1) is 11.8. The van der Waals surface area contributed by atoms with E-state index in [1.165, 1.54) is 54.9 Å². The fourth-order valence-corrected chi connectivity index (χ4v) is 9.81. The Balaban J connectivity index is 2.29. The quantitative estimate of drug-likeness (QED) is 0.289. The summed E-state index contributed by atoms with van der Waals surface area (Å²) in [5, 5.41) is 0. The van der Waals surface area contributed by atoms with Gasteiger partial charge in [0.25, 0.3) is 0 Å². The first-order valence-corrected chi connectivity index (χ1v) is 12.7. The van der Waals surface area contributed by atoms with Crippen LogP contribution in [0.5, 0.6) is 0 Å². The monoisotopic (exact) mass is 360 g/mol. The van der Waals surface area contributed by atoms with E-state index in [0.717, 1.165) is 0 Å². The van der Waals surface area contributed by atoms with Crippen LogP contribution in [-0.4, -0.2) is 11.5 Å². The third-order valence-electron chi connectivity index (χ3n) is 4.33. The Labute approximate surface area is 154 Å². The maximum Gasteiger partial charge on any atom is 0.0170 e. The van der Waals surface area contributed by atoms with Gasteiger partial charge < -0.3 is 0 Å². The minimum Gasteiger partial charge on any atom is -0.161 e. The van der Waals surface area contributed by atoms with E-state index in [2.05, 4.69) is 85.3 Å². The first kappa shape index (κ1) is 19.5. The van der Waals surface area contributed by atoms with Crippen LogP contribution >= 0.6 is 19.9 Å². The minimum atomic E-state index is -0.856. The average Bonchev–Trinajstić information content (AvgIpc) is 2.63. The van der Waals surface area contributed by atoms with Crippen molar-refractivity contribution < 1.29 is 0 Å². The first-order valence-electron chi connectivity index (χ1n) is 9.39. The van der Waals surface area contributed by atoms with Crippen LogP contribution < -0.4 is 0 Å². The highest BCUT2D eigenvalue weighted by Gasteiger charge is 2.27. The van der Waals surface area contributed by atoms with Crippen LogP contribution in [0.3, 0.4) is 0 Å². The van der Waals surface area contributed by atoms with Gasteiger partial charge in [0.15, 0.2) is 0 Å². The minimum absolute atomic E-state index is 0.856. The average molecular weight is 361 g/mol. The van der Waals surface area contributed by atoms with E-state index in [9.17, 15) is 0 Å². The summed E-state index contributed by atoms with van der Waals surface area (Å²) in [5.41, 5.74) is 0. The van der Waals surface area contributed by atoms with Crippen molar-refractivity contribution in [3.8, 4) is 0 Å². The smallest absolute Gasteiger partial charge is 0.0170 e. The van der Waals surface area contributed by atoms with E-state index >= 15 is 0 Å². The van der Waals surface area contributed by atoms with Gasteiger partial charge in [-0.15, -0.1) is 0 Å². The SMILES string of the molecule is CCCCCS(CCCCC)(Sc1ccccc1)c1ccccc1. The molecular formula is C22H32S2. The van der Waals surface area contributed by atoms with Crippen LogP contribution in [0.2, 0.25) is 0 Å². The summed E-state index contributed by atoms with van der Waals surface area (Å²) in [7, 11) is 1.32. The van der Waals surface area contributed by atoms with Crippen LogP contribution in [-0.2, 0) is 0 Å². The molecule has 0 fully saturated rings. The number of benzene rings is 2. The molecule has 24 heavy (non-hydrogen) atoms. The number of rotatable bonds is 11. The van der Waals surface area contributed by atoms with Gasteiger partial charge in [0, 0.05) is 4.90 Å². The zero-order chi connectivity index (χ0) is 17.1. The maximum absolute atomic E-state index is 2.38. The van der Waals surface area contributed by atoms with E-state index in [0.29, 0.717) is 0 Å². The molecule has 2 aromatic carbocycles. The Morgan fingerprint density at radius 1 is 0.667 bits per heavy atom. The Kier molecular flexibility index (Phi) is 8.83. The molecule has 0 aliphatic carbocycles. The lowest BCUT2D eigenvalue weighted by Gasteiger charge is -2.40. The van der Waals surface area contributed by atoms with Crippen molar-refractivity contribution in [3.05, 3.63) is 60.7 Å². The topological polar surface area (TPSA) is 0 Å². The fourth-order valence-electron chi connectivity index (χ4n) is 2.97. The van der Waals surface area contributed by atoms with Crippen LogP contribution in [0.1, 0.15) is 52.4 Å². The number of hydrogen-bond donors (Lipinski definition) is 0. The molecule has 0 saturated heterocycles. The summed E-state index contributed by atoms with van der Waals surface area (Å²) in [6.45, 7) is 4.61. The van der Waals surface area contributed by atoms with Crippen molar-refractivity contribution in [2.24, 2.45) is 0 Å². The van der Waals surface area contributed by atoms with Gasteiger partial charge in [0.2, 0.25) is 0 Å². The summed E-state index contributed by atoms with van der Waals surface area (Å²) in [5.74, 6) is 2.71. The molecule has 0 saturated carbocycles. The van der Waals surface area contributed by atoms with E-state index in [4.69, 9.17) is 0 Å². The van der Waals surface area contributed by atoms with Crippen LogP contribution in [0.25, 0.3) is 0 Å². The second-order valence-electron chi connectivity index (χ2n) is 6.34. The van der Waals surface area contributed by atoms with Gasteiger partial charge in [-0.1, -0.05) is 86.7 Å². The summed E-state index contributed by atoms with van der Waals surface area (Å²) in [4.78, 5) is 3.02. The number of unbranched alkanes of at least 4 members (excludes halogenated alkanes) is 4. The molecule has 0 amide bonds. The molecule has 0 aliphatic heterocycles. The van der Waals surface area contributed by atoms with Crippen molar-refractivity contribution in [1.82, 2.24) is 0 Å². The maximum atomic E-state index is 2.38. The molecule has 0 aromatic heterocycles. The van der Waals surface area contributed by atoms with Gasteiger partial charge in [0.05, 0.1) is 0 Å². The lowest BCUT2D eigenvalue weighted by molar-refractivity contribution is 0.764. The third kappa shape index (κ3) is 5.89. The van der Waals surface area contributed by atoms with Gasteiger partial charge in [-0.3, -0.25) is 0 Å². The number of hydrogen-bond acceptors (Lipinski definition) is 1. The van der Waals surface area contributed by atoms with E-state index in [1.807, 2.05) is 0 Å². The predicted octanol–water partition coefficient (Wildman–Crippen LogP) is 7.94. The van der Waals surface area contributed by atoms with Gasteiger partial charge in [-0.25, -0.2) is 0 Å². The molecule has 0 spiro atoms. The van der Waals surface area contributed by atoms with E-state index in [-0.39, 0.29) is 0 Å². The lowest BCUT2D eigenvalue weighted by Crippen LogP contribution is -2.08. The van der Waals surface area contributed by atoms with Crippen LogP contribution in [0.4, 0.5) is 0 Å². The molecule has 0 bridgehead atoms. The molecule has 2 rings (SSSR count). The zero-order valence-electron chi connectivity index (χ0n) is 15.2. The second-order valence-corrected chi connectivity index (χ2v) is 12.3. The van der Waals surface area contributed by atoms with Crippen molar-refractivity contribution in [1.29, 1.82) is 0 Å². The Bertz CT molecular complexity index is 541. The molecule has 0 atom stereocenters. The molecule has 2 aromatic rings. The Hall–Kier alpha value is -0.860. The molecule has 2 heteroatoms. The fraction of sp³-hybridized carbons (Fsp3) is 0.455. The largest absolute Gasteiger partial charge is 0.161 e. The summed E-state index contributed by atoms with van der Waals surface area (Å²) >= 11 is 0. The molecule has 132 valence electrons. The molecule has 0 nitrogen and oxygen atoms in total. The summed E-state index contributed by atoms with van der Waals surface area (Å²) < 4.78 is 0. The normalized spacial score (nSPS) is 12.2. The third-order valence-corrected chi connectivity index (χ3v) is 11.2. The summed E-state index contributed by atoms with van der Waals surface area (Å²) in [6, 6.07) is 22.4. The van der Waals surface area contributed by atoms with E-state index in [1.54, 1.807) is 4.90 Å². The Morgan fingerprint density at radius 2 is 1.17 bits per heavy atom. The molecule has 0 aliphatic rings. The Morgan fingerprint density at radius 3 is 1.67 bits per heavy atom. The van der Waals surface area contributed by atoms with Crippen LogP contribution in [0, 0.1) is 0 Å². The van der Waals surface area contributed by atoms with Crippen LogP contribution in [0.15, 0.2) is 70.5 Å². The van der Waals surface area contributed by atoms with Crippen molar-refractivity contribution in [2.45, 2.75) is 62.2 Å². The highest BCUT2D eigenvalue weighted by Crippen LogP contribution is 2.69. The summed E-state index contributed by atoms with van der Waals surface area (Å²) in [6.07, 6.45) is 8.01. The highest BCUT2D eigenvalue weighted by molar-refractivity contribution is 8.94. The molecule has 0 unspecified atom stereocenters. The van der Waals surface area contributed by atoms with Gasteiger partial charge >= 0.3 is 0 Å². The van der Waals surface area contributed by atoms with Gasteiger partial charge in [-0.05, 0) is 53.5 Å². The zero-order valence-corrected chi connectivity index (χ0v) is 16.9. The molecular weight excluding hydrogens is 328 g/mol. The van der Waals surface area contributed by atoms with Gasteiger partial charge in [0.1, 0.15) is 0 Å². The standard InChI is InChI=1S/C22H32S2/c1-3-5-13-19-24(20-14-6-4-2,22-17-11-8-12-18-22)23-21-15-9-7-10-16-21/h7-12,15-18H,3-6,13-14,19-20H2,1-2H3. The highest BCUT2D eigenvalue weighted by atomic mass is 33.2. The lowest BCUT2D eigenvalue weighted by atomic mass is 10.3. The van der Waals surface area contributed by atoms with Crippen molar-refractivity contribution in [2.75, 3.05) is 11.5 Å². The molecule has 0 radical (unpaired) electrons. The second kappa shape index (κ2) is 10.9. The molecule has 0 heterocycles. The van der Waals surface area contributed by atoms with Gasteiger partial charge in [-0.2, -0.15) is 9.06 Å². The molecule has 0 N–H and O–H groups in total.